The summed E-state index contributed by atoms with van der Waals surface area (Å²) in [4.78, 5) is 6.13. The molecule has 0 bridgehead atoms. The Morgan fingerprint density at radius 3 is 2.44 bits per heavy atom. The van der Waals surface area contributed by atoms with Crippen molar-refractivity contribution in [2.45, 2.75) is 25.4 Å². The van der Waals surface area contributed by atoms with Gasteiger partial charge in [0.2, 0.25) is 0 Å². The molecule has 27 heavy (non-hydrogen) atoms. The highest BCUT2D eigenvalue weighted by Gasteiger charge is 2.28. The first-order valence-electron chi connectivity index (χ1n) is 8.59. The average Bonchev–Trinajstić information content (AvgIpc) is 2.88. The number of rotatable bonds is 6. The summed E-state index contributed by atoms with van der Waals surface area (Å²) < 4.78 is 51.5. The molecule has 1 aliphatic heterocycles. The van der Waals surface area contributed by atoms with Gasteiger partial charge in [0.05, 0.1) is 24.1 Å². The van der Waals surface area contributed by atoms with Crippen LogP contribution in [0.5, 0.6) is 0 Å². The van der Waals surface area contributed by atoms with E-state index in [2.05, 4.69) is 15.6 Å². The molecule has 2 atom stereocenters. The summed E-state index contributed by atoms with van der Waals surface area (Å²) in [5, 5.41) is 6.15. The van der Waals surface area contributed by atoms with Crippen molar-refractivity contribution < 1.29 is 17.2 Å². The molecule has 2 unspecified atom stereocenters. The van der Waals surface area contributed by atoms with Gasteiger partial charge in [0, 0.05) is 18.2 Å². The number of sulfone groups is 1. The van der Waals surface area contributed by atoms with E-state index in [0.29, 0.717) is 18.9 Å². The molecule has 2 rings (SSSR count). The molecule has 0 saturated carbocycles. The van der Waals surface area contributed by atoms with Crippen LogP contribution in [-0.4, -0.2) is 64.0 Å². The van der Waals surface area contributed by atoms with Crippen LogP contribution in [-0.2, 0) is 9.84 Å². The predicted molar refractivity (Wildman–Crippen MR) is 114 cm³/mol. The Balaban J connectivity index is 0.00000364. The molecular weight excluding hydrogens is 489 g/mol. The van der Waals surface area contributed by atoms with Gasteiger partial charge < -0.3 is 15.5 Å². The zero-order valence-electron chi connectivity index (χ0n) is 15.7. The number of hydrogen-bond donors (Lipinski definition) is 2. The van der Waals surface area contributed by atoms with Gasteiger partial charge in [-0.15, -0.1) is 24.0 Å². The SMILES string of the molecule is CCNC(=NCC(c1c(F)cccc1F)N(C)C)NC1CCS(=O)(=O)C1.I. The van der Waals surface area contributed by atoms with Crippen LogP contribution in [0.1, 0.15) is 24.9 Å². The van der Waals surface area contributed by atoms with Crippen molar-refractivity contribution in [2.24, 2.45) is 4.99 Å². The maximum atomic E-state index is 14.1. The zero-order chi connectivity index (χ0) is 19.3. The van der Waals surface area contributed by atoms with E-state index >= 15 is 0 Å². The first kappa shape index (κ1) is 24.0. The van der Waals surface area contributed by atoms with Crippen LogP contribution in [0.2, 0.25) is 0 Å². The Morgan fingerprint density at radius 1 is 1.33 bits per heavy atom. The standard InChI is InChI=1S/C17H26F2N4O2S.HI/c1-4-20-17(22-12-8-9-26(24,25)11-12)21-10-15(23(2)3)16-13(18)6-5-7-14(16)19;/h5-7,12,15H,4,8-11H2,1-3H3,(H2,20,21,22);1H. The minimum atomic E-state index is -3.01. The topological polar surface area (TPSA) is 73.8 Å². The smallest absolute Gasteiger partial charge is 0.191 e. The third kappa shape index (κ3) is 6.83. The molecule has 1 fully saturated rings. The minimum absolute atomic E-state index is 0. The third-order valence-electron chi connectivity index (χ3n) is 4.30. The molecule has 0 amide bonds. The van der Waals surface area contributed by atoms with Crippen molar-refractivity contribution in [2.75, 3.05) is 38.7 Å². The van der Waals surface area contributed by atoms with Crippen molar-refractivity contribution in [3.8, 4) is 0 Å². The van der Waals surface area contributed by atoms with Crippen LogP contribution >= 0.6 is 24.0 Å². The Labute approximate surface area is 176 Å². The molecule has 0 radical (unpaired) electrons. The van der Waals surface area contributed by atoms with Crippen molar-refractivity contribution in [1.29, 1.82) is 0 Å². The molecule has 6 nitrogen and oxygen atoms in total. The normalized spacial score (nSPS) is 20.2. The maximum Gasteiger partial charge on any atom is 0.191 e. The lowest BCUT2D eigenvalue weighted by Crippen LogP contribution is -2.44. The average molecular weight is 516 g/mol. The van der Waals surface area contributed by atoms with E-state index in [-0.39, 0.29) is 53.6 Å². The highest BCUT2D eigenvalue weighted by atomic mass is 127. The summed E-state index contributed by atoms with van der Waals surface area (Å²) in [7, 11) is 0.457. The second-order valence-electron chi connectivity index (χ2n) is 6.58. The third-order valence-corrected chi connectivity index (χ3v) is 6.06. The number of nitrogens with zero attached hydrogens (tertiary/aromatic N) is 2. The predicted octanol–water partition coefficient (Wildman–Crippen LogP) is 1.93. The second-order valence-corrected chi connectivity index (χ2v) is 8.81. The largest absolute Gasteiger partial charge is 0.357 e. The van der Waals surface area contributed by atoms with Crippen LogP contribution in [0.3, 0.4) is 0 Å². The number of halogens is 3. The maximum absolute atomic E-state index is 14.1. The molecule has 0 spiro atoms. The van der Waals surface area contributed by atoms with Gasteiger partial charge in [-0.3, -0.25) is 4.99 Å². The monoisotopic (exact) mass is 516 g/mol. The fourth-order valence-electron chi connectivity index (χ4n) is 2.94. The van der Waals surface area contributed by atoms with Crippen molar-refractivity contribution in [1.82, 2.24) is 15.5 Å². The van der Waals surface area contributed by atoms with E-state index in [9.17, 15) is 17.2 Å². The molecular formula is C17H27F2IN4O2S. The van der Waals surface area contributed by atoms with Gasteiger partial charge in [-0.2, -0.15) is 0 Å². The van der Waals surface area contributed by atoms with Crippen LogP contribution in [0.15, 0.2) is 23.2 Å². The van der Waals surface area contributed by atoms with E-state index in [1.54, 1.807) is 19.0 Å². The lowest BCUT2D eigenvalue weighted by molar-refractivity contribution is 0.290. The Bertz CT molecular complexity index is 739. The Morgan fingerprint density at radius 2 is 1.96 bits per heavy atom. The summed E-state index contributed by atoms with van der Waals surface area (Å²) in [5.74, 6) is -0.558. The zero-order valence-corrected chi connectivity index (χ0v) is 18.9. The van der Waals surface area contributed by atoms with Gasteiger partial charge in [-0.05, 0) is 39.6 Å². The van der Waals surface area contributed by atoms with Gasteiger partial charge in [-0.1, -0.05) is 6.07 Å². The van der Waals surface area contributed by atoms with Crippen molar-refractivity contribution in [3.63, 3.8) is 0 Å². The van der Waals surface area contributed by atoms with Crippen molar-refractivity contribution in [3.05, 3.63) is 35.4 Å². The summed E-state index contributed by atoms with van der Waals surface area (Å²) in [5.41, 5.74) is -0.0273. The van der Waals surface area contributed by atoms with Gasteiger partial charge >= 0.3 is 0 Å². The summed E-state index contributed by atoms with van der Waals surface area (Å²) in [6.07, 6.45) is 0.520. The summed E-state index contributed by atoms with van der Waals surface area (Å²) >= 11 is 0. The first-order chi connectivity index (χ1) is 12.2. The lowest BCUT2D eigenvalue weighted by atomic mass is 10.0. The van der Waals surface area contributed by atoms with Crippen molar-refractivity contribution >= 4 is 39.8 Å². The number of benzene rings is 1. The number of nitrogens with one attached hydrogen (secondary N) is 2. The molecule has 10 heteroatoms. The van der Waals surface area contributed by atoms with E-state index in [4.69, 9.17) is 0 Å². The van der Waals surface area contributed by atoms with E-state index in [0.717, 1.165) is 0 Å². The van der Waals surface area contributed by atoms with Crippen LogP contribution in [0.4, 0.5) is 8.78 Å². The van der Waals surface area contributed by atoms with E-state index < -0.39 is 27.5 Å². The minimum Gasteiger partial charge on any atom is -0.357 e. The Hall–Kier alpha value is -1.01. The molecule has 1 aromatic rings. The fourth-order valence-corrected chi connectivity index (χ4v) is 4.62. The van der Waals surface area contributed by atoms with Crippen LogP contribution in [0.25, 0.3) is 0 Å². The van der Waals surface area contributed by atoms with Gasteiger partial charge in [0.1, 0.15) is 11.6 Å². The summed E-state index contributed by atoms with van der Waals surface area (Å²) in [6.45, 7) is 2.61. The quantitative estimate of drug-likeness (QED) is 0.344. The lowest BCUT2D eigenvalue weighted by Gasteiger charge is -2.25. The molecule has 154 valence electrons. The Kier molecular flexibility index (Phi) is 9.35. The number of likely N-dealkylation sites (N-methyl/N-ethyl adjacent to an activating group) is 1. The first-order valence-corrected chi connectivity index (χ1v) is 10.4. The van der Waals surface area contributed by atoms with Gasteiger partial charge in [0.25, 0.3) is 0 Å². The van der Waals surface area contributed by atoms with E-state index in [1.165, 1.54) is 18.2 Å². The molecule has 1 aliphatic rings. The molecule has 1 heterocycles. The van der Waals surface area contributed by atoms with E-state index in [1.807, 2.05) is 6.92 Å². The molecule has 0 aromatic heterocycles. The molecule has 2 N–H and O–H groups in total. The highest BCUT2D eigenvalue weighted by molar-refractivity contribution is 14.0. The molecule has 0 aliphatic carbocycles. The van der Waals surface area contributed by atoms with Gasteiger partial charge in [-0.25, -0.2) is 17.2 Å². The van der Waals surface area contributed by atoms with Crippen LogP contribution in [0, 0.1) is 11.6 Å². The highest BCUT2D eigenvalue weighted by Crippen LogP contribution is 2.24. The second kappa shape index (κ2) is 10.5. The fraction of sp³-hybridized carbons (Fsp3) is 0.588. The molecule has 1 saturated heterocycles. The molecule has 1 aromatic carbocycles. The summed E-state index contributed by atoms with van der Waals surface area (Å²) in [6, 6.07) is 2.99. The number of hydrogen-bond acceptors (Lipinski definition) is 4. The van der Waals surface area contributed by atoms with Gasteiger partial charge in [0.15, 0.2) is 15.8 Å². The number of guanidine groups is 1. The van der Waals surface area contributed by atoms with Crippen LogP contribution < -0.4 is 10.6 Å². The number of aliphatic imine (C=N–C) groups is 1.